The smallest absolute Gasteiger partial charge is 0.266 e. The number of nitrogens with one attached hydrogen (secondary N) is 1. The number of phenolic OH excluding ortho intramolecular Hbond substituents is 1. The number of hydrogen-bond donors (Lipinski definition) is 2. The number of anilines is 1. The zero-order chi connectivity index (χ0) is 17.8. The highest BCUT2D eigenvalue weighted by molar-refractivity contribution is 9.10. The van der Waals surface area contributed by atoms with Crippen LogP contribution in [0.1, 0.15) is 5.56 Å². The first-order valence-electron chi connectivity index (χ1n) is 7.47. The number of phenols is 1. The second-order valence-corrected chi connectivity index (χ2v) is 6.25. The Balaban J connectivity index is 1.85. The number of carbonyl (C=O) groups is 1. The molecule has 3 rings (SSSR count). The van der Waals surface area contributed by atoms with Crippen molar-refractivity contribution in [2.24, 2.45) is 0 Å². The van der Waals surface area contributed by atoms with E-state index in [-0.39, 0.29) is 11.3 Å². The van der Waals surface area contributed by atoms with Gasteiger partial charge in [0.25, 0.3) is 5.91 Å². The molecule has 25 heavy (non-hydrogen) atoms. The highest BCUT2D eigenvalue weighted by atomic mass is 79.9. The Bertz CT molecular complexity index is 1040. The normalized spacial score (nSPS) is 11.1. The summed E-state index contributed by atoms with van der Waals surface area (Å²) in [7, 11) is 0. The van der Waals surface area contributed by atoms with Gasteiger partial charge in [-0.05, 0) is 62.6 Å². The fourth-order valence-electron chi connectivity index (χ4n) is 2.39. The molecule has 0 saturated heterocycles. The minimum Gasteiger partial charge on any atom is -0.507 e. The van der Waals surface area contributed by atoms with E-state index in [1.54, 1.807) is 18.2 Å². The van der Waals surface area contributed by atoms with Crippen molar-refractivity contribution < 1.29 is 9.90 Å². The van der Waals surface area contributed by atoms with E-state index in [4.69, 9.17) is 0 Å². The number of benzene rings is 3. The third-order valence-corrected chi connectivity index (χ3v) is 4.29. The zero-order valence-electron chi connectivity index (χ0n) is 13.0. The molecule has 0 heterocycles. The van der Waals surface area contributed by atoms with Crippen LogP contribution >= 0.6 is 15.9 Å². The standard InChI is InChI=1S/C20H13BrN2O2/c21-18-10-13(5-8-19(18)24)9-16(12-22)20(25)23-17-7-6-14-3-1-2-4-15(14)11-17/h1-11,24H,(H,23,25). The zero-order valence-corrected chi connectivity index (χ0v) is 14.6. The van der Waals surface area contributed by atoms with Crippen LogP contribution in [-0.2, 0) is 4.79 Å². The Morgan fingerprint density at radius 1 is 1.08 bits per heavy atom. The van der Waals surface area contributed by atoms with Gasteiger partial charge in [-0.25, -0.2) is 0 Å². The Hall–Kier alpha value is -3.10. The van der Waals surface area contributed by atoms with E-state index in [0.29, 0.717) is 15.7 Å². The van der Waals surface area contributed by atoms with E-state index in [1.165, 1.54) is 12.1 Å². The molecule has 1 amide bonds. The summed E-state index contributed by atoms with van der Waals surface area (Å²) < 4.78 is 0.494. The lowest BCUT2D eigenvalue weighted by Crippen LogP contribution is -2.13. The largest absolute Gasteiger partial charge is 0.507 e. The van der Waals surface area contributed by atoms with Crippen molar-refractivity contribution >= 4 is 44.4 Å². The van der Waals surface area contributed by atoms with Crippen molar-refractivity contribution in [1.82, 2.24) is 0 Å². The molecule has 0 saturated carbocycles. The van der Waals surface area contributed by atoms with Gasteiger partial charge in [-0.3, -0.25) is 4.79 Å². The maximum absolute atomic E-state index is 12.4. The number of carbonyl (C=O) groups excluding carboxylic acids is 1. The fourth-order valence-corrected chi connectivity index (χ4v) is 2.79. The molecular weight excluding hydrogens is 380 g/mol. The van der Waals surface area contributed by atoms with Crippen molar-refractivity contribution in [1.29, 1.82) is 5.26 Å². The molecule has 3 aromatic rings. The molecular formula is C20H13BrN2O2. The molecule has 3 aromatic carbocycles. The molecule has 4 nitrogen and oxygen atoms in total. The molecule has 2 N–H and O–H groups in total. The second kappa shape index (κ2) is 7.20. The van der Waals surface area contributed by atoms with Gasteiger partial charge >= 0.3 is 0 Å². The number of amides is 1. The van der Waals surface area contributed by atoms with Crippen LogP contribution in [0, 0.1) is 11.3 Å². The lowest BCUT2D eigenvalue weighted by atomic mass is 10.1. The molecule has 0 unspecified atom stereocenters. The minimum atomic E-state index is -0.484. The Labute approximate surface area is 153 Å². The van der Waals surface area contributed by atoms with Gasteiger partial charge < -0.3 is 10.4 Å². The van der Waals surface area contributed by atoms with Gasteiger partial charge in [-0.2, -0.15) is 5.26 Å². The topological polar surface area (TPSA) is 73.1 Å². The predicted molar refractivity (Wildman–Crippen MR) is 102 cm³/mol. The molecule has 0 spiro atoms. The van der Waals surface area contributed by atoms with E-state index in [9.17, 15) is 15.2 Å². The van der Waals surface area contributed by atoms with E-state index < -0.39 is 5.91 Å². The highest BCUT2D eigenvalue weighted by Gasteiger charge is 2.10. The van der Waals surface area contributed by atoms with Crippen molar-refractivity contribution in [3.05, 3.63) is 76.3 Å². The lowest BCUT2D eigenvalue weighted by Gasteiger charge is -2.06. The molecule has 0 aliphatic rings. The Morgan fingerprint density at radius 2 is 1.84 bits per heavy atom. The first kappa shape index (κ1) is 16.7. The van der Waals surface area contributed by atoms with Crippen molar-refractivity contribution in [3.8, 4) is 11.8 Å². The Morgan fingerprint density at radius 3 is 2.56 bits per heavy atom. The van der Waals surface area contributed by atoms with Crippen LogP contribution in [0.4, 0.5) is 5.69 Å². The summed E-state index contributed by atoms with van der Waals surface area (Å²) in [5, 5.41) is 23.6. The van der Waals surface area contributed by atoms with Crippen LogP contribution in [0.25, 0.3) is 16.8 Å². The van der Waals surface area contributed by atoms with Crippen molar-refractivity contribution in [2.75, 3.05) is 5.32 Å². The quantitative estimate of drug-likeness (QED) is 0.493. The van der Waals surface area contributed by atoms with Crippen LogP contribution in [0.2, 0.25) is 0 Å². The maximum Gasteiger partial charge on any atom is 0.266 e. The average molecular weight is 393 g/mol. The predicted octanol–water partition coefficient (Wildman–Crippen LogP) is 4.85. The van der Waals surface area contributed by atoms with Gasteiger partial charge in [0.05, 0.1) is 4.47 Å². The van der Waals surface area contributed by atoms with Crippen LogP contribution in [-0.4, -0.2) is 11.0 Å². The number of halogens is 1. The molecule has 5 heteroatoms. The molecule has 0 aliphatic carbocycles. The maximum atomic E-state index is 12.4. The minimum absolute atomic E-state index is 0.0225. The molecule has 0 atom stereocenters. The lowest BCUT2D eigenvalue weighted by molar-refractivity contribution is -0.112. The number of nitrogens with zero attached hydrogens (tertiary/aromatic N) is 1. The average Bonchev–Trinajstić information content (AvgIpc) is 2.62. The monoisotopic (exact) mass is 392 g/mol. The molecule has 0 radical (unpaired) electrons. The molecule has 0 aromatic heterocycles. The summed E-state index contributed by atoms with van der Waals surface area (Å²) in [6, 6.07) is 20.1. The van der Waals surface area contributed by atoms with Gasteiger partial charge in [0.2, 0.25) is 0 Å². The highest BCUT2D eigenvalue weighted by Crippen LogP contribution is 2.25. The Kier molecular flexibility index (Phi) is 4.82. The third kappa shape index (κ3) is 3.87. The first-order valence-corrected chi connectivity index (χ1v) is 8.26. The number of aromatic hydroxyl groups is 1. The van der Waals surface area contributed by atoms with Crippen LogP contribution in [0.3, 0.4) is 0 Å². The summed E-state index contributed by atoms with van der Waals surface area (Å²) >= 11 is 3.21. The second-order valence-electron chi connectivity index (χ2n) is 5.40. The van der Waals surface area contributed by atoms with Gasteiger partial charge in [0.15, 0.2) is 0 Å². The summed E-state index contributed by atoms with van der Waals surface area (Å²) in [5.74, 6) is -0.391. The summed E-state index contributed by atoms with van der Waals surface area (Å²) in [6.07, 6.45) is 1.47. The summed E-state index contributed by atoms with van der Waals surface area (Å²) in [4.78, 5) is 12.4. The van der Waals surface area contributed by atoms with Gasteiger partial charge in [0.1, 0.15) is 17.4 Å². The first-order chi connectivity index (χ1) is 12.1. The molecule has 0 bridgehead atoms. The van der Waals surface area contributed by atoms with Crippen molar-refractivity contribution in [2.45, 2.75) is 0 Å². The molecule has 122 valence electrons. The van der Waals surface area contributed by atoms with Gasteiger partial charge in [-0.15, -0.1) is 0 Å². The van der Waals surface area contributed by atoms with Crippen molar-refractivity contribution in [3.63, 3.8) is 0 Å². The van der Waals surface area contributed by atoms with Gasteiger partial charge in [0, 0.05) is 5.69 Å². The summed E-state index contributed by atoms with van der Waals surface area (Å²) in [6.45, 7) is 0. The summed E-state index contributed by atoms with van der Waals surface area (Å²) in [5.41, 5.74) is 1.23. The number of nitriles is 1. The molecule has 0 fully saturated rings. The fraction of sp³-hybridized carbons (Fsp3) is 0. The van der Waals surface area contributed by atoms with Crippen LogP contribution in [0.15, 0.2) is 70.7 Å². The SMILES string of the molecule is N#CC(=Cc1ccc(O)c(Br)c1)C(=O)Nc1ccc2ccccc2c1. The third-order valence-electron chi connectivity index (χ3n) is 3.66. The van der Waals surface area contributed by atoms with E-state index in [1.807, 2.05) is 42.5 Å². The number of rotatable bonds is 3. The van der Waals surface area contributed by atoms with Crippen LogP contribution < -0.4 is 5.32 Å². The molecule has 0 aliphatic heterocycles. The van der Waals surface area contributed by atoms with Crippen LogP contribution in [0.5, 0.6) is 5.75 Å². The van der Waals surface area contributed by atoms with E-state index in [0.717, 1.165) is 10.8 Å². The van der Waals surface area contributed by atoms with E-state index >= 15 is 0 Å². The number of hydrogen-bond acceptors (Lipinski definition) is 3. The van der Waals surface area contributed by atoms with E-state index in [2.05, 4.69) is 21.2 Å². The number of fused-ring (bicyclic) bond motifs is 1. The van der Waals surface area contributed by atoms with Gasteiger partial charge in [-0.1, -0.05) is 36.4 Å².